The monoisotopic (exact) mass is 339 g/mol. The zero-order chi connectivity index (χ0) is 14.5. The summed E-state index contributed by atoms with van der Waals surface area (Å²) in [6.45, 7) is 5.09. The Hall–Kier alpha value is -1.13. The van der Waals surface area contributed by atoms with E-state index in [1.807, 2.05) is 19.1 Å². The molecule has 0 aliphatic heterocycles. The van der Waals surface area contributed by atoms with Crippen LogP contribution in [0.25, 0.3) is 0 Å². The molecule has 20 heavy (non-hydrogen) atoms. The smallest absolute Gasteiger partial charge is 0.124 e. The van der Waals surface area contributed by atoms with Gasteiger partial charge in [0.1, 0.15) is 11.6 Å². The Morgan fingerprint density at radius 3 is 2.75 bits per heavy atom. The van der Waals surface area contributed by atoms with Gasteiger partial charge >= 0.3 is 0 Å². The van der Waals surface area contributed by atoms with Crippen molar-refractivity contribution in [3.05, 3.63) is 57.7 Å². The molecule has 0 saturated heterocycles. The highest BCUT2D eigenvalue weighted by Gasteiger charge is 2.18. The number of furan rings is 1. The van der Waals surface area contributed by atoms with E-state index in [9.17, 15) is 4.39 Å². The van der Waals surface area contributed by atoms with Crippen molar-refractivity contribution in [2.24, 2.45) is 0 Å². The highest BCUT2D eigenvalue weighted by molar-refractivity contribution is 9.10. The fourth-order valence-electron chi connectivity index (χ4n) is 2.22. The van der Waals surface area contributed by atoms with Crippen LogP contribution in [0.3, 0.4) is 0 Å². The Labute approximate surface area is 127 Å². The molecule has 1 unspecified atom stereocenters. The topological polar surface area (TPSA) is 25.2 Å². The van der Waals surface area contributed by atoms with Crippen molar-refractivity contribution in [3.63, 3.8) is 0 Å². The minimum Gasteiger partial charge on any atom is -0.467 e. The highest BCUT2D eigenvalue weighted by atomic mass is 79.9. The molecule has 1 aromatic heterocycles. The third kappa shape index (κ3) is 3.70. The number of nitrogens with one attached hydrogen (secondary N) is 1. The molecule has 1 atom stereocenters. The molecule has 0 aliphatic carbocycles. The summed E-state index contributed by atoms with van der Waals surface area (Å²) >= 11 is 3.43. The predicted octanol–water partition coefficient (Wildman–Crippen LogP) is 4.77. The quantitative estimate of drug-likeness (QED) is 0.819. The van der Waals surface area contributed by atoms with Crippen LogP contribution < -0.4 is 5.32 Å². The van der Waals surface area contributed by atoms with Crippen molar-refractivity contribution < 1.29 is 8.81 Å². The Bertz CT molecular complexity index is 567. The third-order valence-electron chi connectivity index (χ3n) is 3.30. The number of hydrogen-bond acceptors (Lipinski definition) is 2. The molecule has 0 aliphatic rings. The van der Waals surface area contributed by atoms with Gasteiger partial charge in [0.15, 0.2) is 0 Å². The van der Waals surface area contributed by atoms with E-state index in [-0.39, 0.29) is 11.9 Å². The Balaban J connectivity index is 2.21. The maximum atomic E-state index is 13.2. The number of rotatable bonds is 6. The minimum atomic E-state index is -0.229. The van der Waals surface area contributed by atoms with Gasteiger partial charge < -0.3 is 9.73 Å². The fourth-order valence-corrected chi connectivity index (χ4v) is 2.74. The summed E-state index contributed by atoms with van der Waals surface area (Å²) in [7, 11) is 0. The van der Waals surface area contributed by atoms with Crippen LogP contribution in [0, 0.1) is 12.7 Å². The van der Waals surface area contributed by atoms with Crippen LogP contribution in [0.5, 0.6) is 0 Å². The van der Waals surface area contributed by atoms with Crippen LogP contribution in [-0.2, 0) is 6.42 Å². The van der Waals surface area contributed by atoms with Gasteiger partial charge in [-0.2, -0.15) is 0 Å². The van der Waals surface area contributed by atoms with Gasteiger partial charge in [-0.25, -0.2) is 4.39 Å². The van der Waals surface area contributed by atoms with E-state index in [1.54, 1.807) is 6.26 Å². The normalized spacial score (nSPS) is 12.6. The summed E-state index contributed by atoms with van der Waals surface area (Å²) in [5.74, 6) is 0.725. The van der Waals surface area contributed by atoms with E-state index in [4.69, 9.17) is 4.42 Å². The van der Waals surface area contributed by atoms with Gasteiger partial charge in [-0.15, -0.1) is 0 Å². The molecular formula is C16H19BrFNO. The molecule has 2 aromatic rings. The summed E-state index contributed by atoms with van der Waals surface area (Å²) < 4.78 is 19.6. The van der Waals surface area contributed by atoms with E-state index in [2.05, 4.69) is 28.2 Å². The lowest BCUT2D eigenvalue weighted by Crippen LogP contribution is -2.24. The highest BCUT2D eigenvalue weighted by Crippen LogP contribution is 2.27. The Kier molecular flexibility index (Phi) is 5.38. The van der Waals surface area contributed by atoms with Crippen LogP contribution in [0.1, 0.15) is 36.3 Å². The second-order valence-electron chi connectivity index (χ2n) is 4.91. The van der Waals surface area contributed by atoms with Gasteiger partial charge in [0, 0.05) is 4.47 Å². The molecule has 1 heterocycles. The Morgan fingerprint density at radius 1 is 1.35 bits per heavy atom. The Morgan fingerprint density at radius 2 is 2.15 bits per heavy atom. The van der Waals surface area contributed by atoms with Crippen LogP contribution in [-0.4, -0.2) is 6.54 Å². The van der Waals surface area contributed by atoms with Crippen molar-refractivity contribution in [3.8, 4) is 0 Å². The van der Waals surface area contributed by atoms with E-state index >= 15 is 0 Å². The minimum absolute atomic E-state index is 0.103. The lowest BCUT2D eigenvalue weighted by Gasteiger charge is -2.18. The molecule has 0 spiro atoms. The lowest BCUT2D eigenvalue weighted by atomic mass is 10.0. The average molecular weight is 340 g/mol. The molecule has 0 bridgehead atoms. The number of benzene rings is 1. The summed E-state index contributed by atoms with van der Waals surface area (Å²) in [5, 5.41) is 3.49. The summed E-state index contributed by atoms with van der Waals surface area (Å²) in [4.78, 5) is 0. The van der Waals surface area contributed by atoms with Crippen LogP contribution in [0.2, 0.25) is 0 Å². The second-order valence-corrected chi connectivity index (χ2v) is 5.77. The van der Waals surface area contributed by atoms with E-state index in [0.29, 0.717) is 0 Å². The first-order chi connectivity index (χ1) is 9.61. The molecule has 0 saturated carbocycles. The standard InChI is InChI=1S/C16H19BrFNO/c1-3-7-19-15(16-11(2)6-8-20-16)9-12-4-5-13(18)10-14(12)17/h4-6,8,10,15,19H,3,7,9H2,1-2H3. The van der Waals surface area contributed by atoms with Crippen LogP contribution >= 0.6 is 15.9 Å². The zero-order valence-corrected chi connectivity index (χ0v) is 13.3. The molecule has 0 fully saturated rings. The van der Waals surface area contributed by atoms with E-state index in [0.717, 1.165) is 40.7 Å². The van der Waals surface area contributed by atoms with Crippen molar-refractivity contribution in [1.82, 2.24) is 5.32 Å². The van der Waals surface area contributed by atoms with Crippen molar-refractivity contribution >= 4 is 15.9 Å². The van der Waals surface area contributed by atoms with Gasteiger partial charge in [-0.3, -0.25) is 0 Å². The molecule has 1 N–H and O–H groups in total. The molecule has 2 rings (SSSR count). The molecule has 4 heteroatoms. The third-order valence-corrected chi connectivity index (χ3v) is 4.04. The fraction of sp³-hybridized carbons (Fsp3) is 0.375. The lowest BCUT2D eigenvalue weighted by molar-refractivity contribution is 0.407. The molecule has 1 aromatic carbocycles. The van der Waals surface area contributed by atoms with Crippen molar-refractivity contribution in [2.45, 2.75) is 32.7 Å². The van der Waals surface area contributed by atoms with Gasteiger partial charge in [0.05, 0.1) is 12.3 Å². The maximum absolute atomic E-state index is 13.2. The van der Waals surface area contributed by atoms with Gasteiger partial charge in [0.2, 0.25) is 0 Å². The first kappa shape index (κ1) is 15.3. The average Bonchev–Trinajstić information content (AvgIpc) is 2.83. The SMILES string of the molecule is CCCNC(Cc1ccc(F)cc1Br)c1occc1C. The first-order valence-electron chi connectivity index (χ1n) is 6.83. The number of halogens is 2. The first-order valence-corrected chi connectivity index (χ1v) is 7.62. The van der Waals surface area contributed by atoms with E-state index in [1.165, 1.54) is 12.1 Å². The number of hydrogen-bond donors (Lipinski definition) is 1. The largest absolute Gasteiger partial charge is 0.467 e. The zero-order valence-electron chi connectivity index (χ0n) is 11.7. The molecule has 0 amide bonds. The van der Waals surface area contributed by atoms with Gasteiger partial charge in [-0.05, 0) is 55.6 Å². The van der Waals surface area contributed by atoms with Crippen LogP contribution in [0.4, 0.5) is 4.39 Å². The van der Waals surface area contributed by atoms with Gasteiger partial charge in [-0.1, -0.05) is 28.9 Å². The van der Waals surface area contributed by atoms with Crippen molar-refractivity contribution in [2.75, 3.05) is 6.54 Å². The summed E-state index contributed by atoms with van der Waals surface area (Å²) in [6.07, 6.45) is 3.53. The molecule has 0 radical (unpaired) electrons. The second kappa shape index (κ2) is 7.04. The van der Waals surface area contributed by atoms with Gasteiger partial charge in [0.25, 0.3) is 0 Å². The molecule has 2 nitrogen and oxygen atoms in total. The van der Waals surface area contributed by atoms with Crippen molar-refractivity contribution in [1.29, 1.82) is 0 Å². The predicted molar refractivity (Wildman–Crippen MR) is 82.3 cm³/mol. The summed E-state index contributed by atoms with van der Waals surface area (Å²) in [6, 6.07) is 6.88. The maximum Gasteiger partial charge on any atom is 0.124 e. The van der Waals surface area contributed by atoms with E-state index < -0.39 is 0 Å². The molecular weight excluding hydrogens is 321 g/mol. The van der Waals surface area contributed by atoms with Crippen LogP contribution in [0.15, 0.2) is 39.4 Å². The number of aryl methyl sites for hydroxylation is 1. The molecule has 108 valence electrons. The summed E-state index contributed by atoms with van der Waals surface area (Å²) in [5.41, 5.74) is 2.20.